The van der Waals surface area contributed by atoms with Crippen LogP contribution in [-0.2, 0) is 6.54 Å². The van der Waals surface area contributed by atoms with E-state index in [-0.39, 0.29) is 11.7 Å². The molecule has 0 spiro atoms. The van der Waals surface area contributed by atoms with E-state index in [4.69, 9.17) is 0 Å². The first kappa shape index (κ1) is 18.6. The Morgan fingerprint density at radius 2 is 1.88 bits per heavy atom. The molecule has 6 heteroatoms. The lowest BCUT2D eigenvalue weighted by atomic mass is 10.0. The second kappa shape index (κ2) is 8.94. The largest absolute Gasteiger partial charge is 0.507 e. The normalized spacial score (nSPS) is 11.6. The molecule has 2 rings (SSSR count). The smallest absolute Gasteiger partial charge is 0.271 e. The van der Waals surface area contributed by atoms with Gasteiger partial charge in [0.2, 0.25) is 0 Å². The molecular weight excluding hydrogens is 316 g/mol. The number of aromatic hydroxyl groups is 1. The predicted octanol–water partition coefficient (Wildman–Crippen LogP) is 2.78. The Balaban J connectivity index is 2.16. The van der Waals surface area contributed by atoms with Crippen molar-refractivity contribution in [3.05, 3.63) is 59.4 Å². The minimum Gasteiger partial charge on any atom is -0.507 e. The van der Waals surface area contributed by atoms with Gasteiger partial charge in [-0.3, -0.25) is 14.7 Å². The topological polar surface area (TPSA) is 77.8 Å². The number of rotatable bonds is 7. The lowest BCUT2D eigenvalue weighted by Gasteiger charge is -2.19. The number of benzene rings is 1. The number of aromatic nitrogens is 1. The summed E-state index contributed by atoms with van der Waals surface area (Å²) >= 11 is 0. The minimum atomic E-state index is -0.319. The zero-order valence-electron chi connectivity index (χ0n) is 14.9. The van der Waals surface area contributed by atoms with Gasteiger partial charge in [0.1, 0.15) is 5.75 Å². The zero-order valence-corrected chi connectivity index (χ0v) is 14.9. The Morgan fingerprint density at radius 3 is 2.52 bits per heavy atom. The Hall–Kier alpha value is -2.73. The number of para-hydroxylation sites is 1. The molecule has 0 aliphatic heterocycles. The van der Waals surface area contributed by atoms with Crippen LogP contribution >= 0.6 is 0 Å². The summed E-state index contributed by atoms with van der Waals surface area (Å²) in [6.07, 6.45) is 3.10. The van der Waals surface area contributed by atoms with Crippen LogP contribution in [0.15, 0.2) is 47.8 Å². The Morgan fingerprint density at radius 1 is 1.20 bits per heavy atom. The molecule has 1 amide bonds. The third-order valence-corrected chi connectivity index (χ3v) is 4.07. The van der Waals surface area contributed by atoms with Crippen molar-refractivity contribution in [2.75, 3.05) is 13.1 Å². The van der Waals surface area contributed by atoms with Gasteiger partial charge in [-0.2, -0.15) is 5.10 Å². The first-order valence-electron chi connectivity index (χ1n) is 8.35. The standard InChI is InChI=1S/C19H24N4O2/c1-4-23(5-2)13-16-7-6-8-17(18(16)24)14(3)21-22-19(25)15-9-11-20-12-10-15/h6-12,24H,4-5,13H2,1-3H3,(H,22,25)/b21-14-. The fraction of sp³-hybridized carbons (Fsp3) is 0.316. The lowest BCUT2D eigenvalue weighted by Crippen LogP contribution is -2.22. The van der Waals surface area contributed by atoms with Crippen LogP contribution in [0.4, 0.5) is 0 Å². The number of phenolic OH excluding ortho intramolecular Hbond substituents is 1. The molecular formula is C19H24N4O2. The second-order valence-electron chi connectivity index (χ2n) is 5.65. The molecule has 0 atom stereocenters. The van der Waals surface area contributed by atoms with Crippen molar-refractivity contribution in [1.29, 1.82) is 0 Å². The summed E-state index contributed by atoms with van der Waals surface area (Å²) in [6, 6.07) is 8.81. The van der Waals surface area contributed by atoms with Gasteiger partial charge in [0.05, 0.1) is 5.71 Å². The van der Waals surface area contributed by atoms with Crippen LogP contribution in [0.2, 0.25) is 0 Å². The Kier molecular flexibility index (Phi) is 6.65. The molecule has 0 saturated heterocycles. The molecule has 6 nitrogen and oxygen atoms in total. The second-order valence-corrected chi connectivity index (χ2v) is 5.65. The quantitative estimate of drug-likeness (QED) is 0.600. The Bertz CT molecular complexity index is 740. The zero-order chi connectivity index (χ0) is 18.2. The monoisotopic (exact) mass is 340 g/mol. The highest BCUT2D eigenvalue weighted by Gasteiger charge is 2.12. The summed E-state index contributed by atoms with van der Waals surface area (Å²) in [4.78, 5) is 18.1. The molecule has 25 heavy (non-hydrogen) atoms. The summed E-state index contributed by atoms with van der Waals surface area (Å²) in [5.41, 5.74) is 4.98. The minimum absolute atomic E-state index is 0.203. The van der Waals surface area contributed by atoms with E-state index in [0.717, 1.165) is 18.7 Å². The van der Waals surface area contributed by atoms with Crippen molar-refractivity contribution >= 4 is 11.6 Å². The van der Waals surface area contributed by atoms with Crippen LogP contribution in [0.5, 0.6) is 5.75 Å². The molecule has 2 aromatic rings. The van der Waals surface area contributed by atoms with Crippen LogP contribution < -0.4 is 5.43 Å². The van der Waals surface area contributed by atoms with Crippen LogP contribution in [0.25, 0.3) is 0 Å². The van der Waals surface area contributed by atoms with Gasteiger partial charge in [0, 0.05) is 35.6 Å². The van der Waals surface area contributed by atoms with Crippen molar-refractivity contribution in [3.8, 4) is 5.75 Å². The van der Waals surface area contributed by atoms with Crippen molar-refractivity contribution in [3.63, 3.8) is 0 Å². The van der Waals surface area contributed by atoms with Crippen molar-refractivity contribution in [2.24, 2.45) is 5.10 Å². The molecule has 1 aromatic heterocycles. The lowest BCUT2D eigenvalue weighted by molar-refractivity contribution is 0.0954. The number of amides is 1. The maximum atomic E-state index is 12.0. The number of hydrazone groups is 1. The fourth-order valence-corrected chi connectivity index (χ4v) is 2.46. The van der Waals surface area contributed by atoms with E-state index < -0.39 is 0 Å². The highest BCUT2D eigenvalue weighted by atomic mass is 16.3. The summed E-state index contributed by atoms with van der Waals surface area (Å²) in [7, 11) is 0. The fourth-order valence-electron chi connectivity index (χ4n) is 2.46. The number of phenols is 1. The van der Waals surface area contributed by atoms with E-state index in [1.54, 1.807) is 37.5 Å². The maximum Gasteiger partial charge on any atom is 0.271 e. The maximum absolute atomic E-state index is 12.0. The van der Waals surface area contributed by atoms with Crippen LogP contribution in [0, 0.1) is 0 Å². The molecule has 0 unspecified atom stereocenters. The van der Waals surface area contributed by atoms with Gasteiger partial charge < -0.3 is 5.11 Å². The number of carbonyl (C=O) groups excluding carboxylic acids is 1. The average Bonchev–Trinajstić information content (AvgIpc) is 2.65. The highest BCUT2D eigenvalue weighted by molar-refractivity contribution is 6.02. The van der Waals surface area contributed by atoms with Crippen LogP contribution in [0.1, 0.15) is 42.3 Å². The first-order chi connectivity index (χ1) is 12.1. The summed E-state index contributed by atoms with van der Waals surface area (Å²) in [6.45, 7) is 8.42. The van der Waals surface area contributed by atoms with Crippen molar-refractivity contribution < 1.29 is 9.90 Å². The third-order valence-electron chi connectivity index (χ3n) is 4.07. The van der Waals surface area contributed by atoms with Gasteiger partial charge in [-0.25, -0.2) is 5.43 Å². The van der Waals surface area contributed by atoms with E-state index in [1.165, 1.54) is 0 Å². The summed E-state index contributed by atoms with van der Waals surface area (Å²) < 4.78 is 0. The Labute approximate surface area is 148 Å². The molecule has 1 heterocycles. The molecule has 0 aliphatic rings. The van der Waals surface area contributed by atoms with Crippen molar-refractivity contribution in [1.82, 2.24) is 15.3 Å². The number of nitrogens with zero attached hydrogens (tertiary/aromatic N) is 3. The van der Waals surface area contributed by atoms with Gasteiger partial charge >= 0.3 is 0 Å². The molecule has 0 radical (unpaired) electrons. The molecule has 0 bridgehead atoms. The van der Waals surface area contributed by atoms with Gasteiger partial charge in [-0.1, -0.05) is 26.0 Å². The van der Waals surface area contributed by atoms with E-state index in [1.807, 2.05) is 12.1 Å². The third kappa shape index (κ3) is 4.87. The van der Waals surface area contributed by atoms with Gasteiger partial charge in [-0.15, -0.1) is 0 Å². The molecule has 1 aromatic carbocycles. The SMILES string of the molecule is CCN(CC)Cc1cccc(/C(C)=N\NC(=O)c2ccncc2)c1O. The van der Waals surface area contributed by atoms with E-state index in [9.17, 15) is 9.90 Å². The van der Waals surface area contributed by atoms with Gasteiger partial charge in [0.15, 0.2) is 0 Å². The molecule has 2 N–H and O–H groups in total. The van der Waals surface area contributed by atoms with E-state index in [0.29, 0.717) is 23.4 Å². The van der Waals surface area contributed by atoms with Crippen molar-refractivity contribution in [2.45, 2.75) is 27.3 Å². The first-order valence-corrected chi connectivity index (χ1v) is 8.35. The highest BCUT2D eigenvalue weighted by Crippen LogP contribution is 2.24. The number of pyridine rings is 1. The molecule has 0 aliphatic carbocycles. The number of hydrogen-bond donors (Lipinski definition) is 2. The number of nitrogens with one attached hydrogen (secondary N) is 1. The molecule has 132 valence electrons. The van der Waals surface area contributed by atoms with Crippen LogP contribution in [-0.4, -0.2) is 39.7 Å². The summed E-state index contributed by atoms with van der Waals surface area (Å²) in [5, 5.41) is 14.7. The number of carbonyl (C=O) groups is 1. The van der Waals surface area contributed by atoms with Gasteiger partial charge in [0.25, 0.3) is 5.91 Å². The predicted molar refractivity (Wildman–Crippen MR) is 98.6 cm³/mol. The molecule has 0 fully saturated rings. The van der Waals surface area contributed by atoms with E-state index in [2.05, 4.69) is 34.3 Å². The number of hydrogen-bond acceptors (Lipinski definition) is 5. The van der Waals surface area contributed by atoms with Gasteiger partial charge in [-0.05, 0) is 38.2 Å². The average molecular weight is 340 g/mol. The molecule has 0 saturated carbocycles. The van der Waals surface area contributed by atoms with Crippen LogP contribution in [0.3, 0.4) is 0 Å². The summed E-state index contributed by atoms with van der Waals surface area (Å²) in [5.74, 6) is -0.116. The van der Waals surface area contributed by atoms with E-state index >= 15 is 0 Å².